The summed E-state index contributed by atoms with van der Waals surface area (Å²) in [7, 11) is 0. The summed E-state index contributed by atoms with van der Waals surface area (Å²) in [6.45, 7) is 1.01. The van der Waals surface area contributed by atoms with Gasteiger partial charge in [-0.05, 0) is 18.9 Å². The highest BCUT2D eigenvalue weighted by Crippen LogP contribution is 2.21. The molecule has 0 aliphatic heterocycles. The Labute approximate surface area is 122 Å². The standard InChI is InChI=1S/C13H16Cl2N2O2/c14-11-7-9(8-17-12(11)15)13(18)16-5-6-19-10-3-1-2-4-10/h7-8,10H,1-6H2,(H,16,18). The Morgan fingerprint density at radius 1 is 1.42 bits per heavy atom. The Hall–Kier alpha value is -0.840. The Balaban J connectivity index is 1.72. The first-order valence-corrected chi connectivity index (χ1v) is 7.13. The van der Waals surface area contributed by atoms with Gasteiger partial charge >= 0.3 is 0 Å². The average molecular weight is 303 g/mol. The Bertz CT molecular complexity index is 448. The maximum absolute atomic E-state index is 11.8. The van der Waals surface area contributed by atoms with Crippen LogP contribution in [0.5, 0.6) is 0 Å². The van der Waals surface area contributed by atoms with E-state index in [4.69, 9.17) is 27.9 Å². The second kappa shape index (κ2) is 7.08. The molecule has 0 atom stereocenters. The molecule has 1 saturated carbocycles. The summed E-state index contributed by atoms with van der Waals surface area (Å²) in [6, 6.07) is 1.50. The molecule has 1 N–H and O–H groups in total. The number of carbonyl (C=O) groups is 1. The third kappa shape index (κ3) is 4.34. The zero-order valence-electron chi connectivity index (χ0n) is 10.5. The van der Waals surface area contributed by atoms with Gasteiger partial charge in [0, 0.05) is 12.7 Å². The molecule has 104 valence electrons. The molecule has 0 spiro atoms. The van der Waals surface area contributed by atoms with Crippen molar-refractivity contribution in [1.29, 1.82) is 0 Å². The van der Waals surface area contributed by atoms with Gasteiger partial charge in [0.15, 0.2) is 0 Å². The van der Waals surface area contributed by atoms with Crippen molar-refractivity contribution in [3.05, 3.63) is 28.0 Å². The number of hydrogen-bond donors (Lipinski definition) is 1. The summed E-state index contributed by atoms with van der Waals surface area (Å²) in [5.41, 5.74) is 0.398. The van der Waals surface area contributed by atoms with Crippen LogP contribution in [0.1, 0.15) is 36.0 Å². The third-order valence-electron chi connectivity index (χ3n) is 3.10. The van der Waals surface area contributed by atoms with E-state index >= 15 is 0 Å². The molecule has 0 aromatic carbocycles. The van der Waals surface area contributed by atoms with Crippen LogP contribution >= 0.6 is 23.2 Å². The molecule has 0 saturated heterocycles. The highest BCUT2D eigenvalue weighted by atomic mass is 35.5. The number of nitrogens with one attached hydrogen (secondary N) is 1. The molecule has 1 aromatic heterocycles. The smallest absolute Gasteiger partial charge is 0.252 e. The molecule has 0 unspecified atom stereocenters. The molecule has 0 bridgehead atoms. The molecule has 1 aromatic rings. The van der Waals surface area contributed by atoms with Crippen molar-refractivity contribution in [2.24, 2.45) is 0 Å². The van der Waals surface area contributed by atoms with Crippen LogP contribution in [-0.2, 0) is 4.74 Å². The number of carbonyl (C=O) groups excluding carboxylic acids is 1. The first kappa shape index (κ1) is 14.6. The van der Waals surface area contributed by atoms with Crippen LogP contribution in [0, 0.1) is 0 Å². The van der Waals surface area contributed by atoms with Crippen LogP contribution < -0.4 is 5.32 Å². The number of amides is 1. The monoisotopic (exact) mass is 302 g/mol. The largest absolute Gasteiger partial charge is 0.376 e. The van der Waals surface area contributed by atoms with Gasteiger partial charge in [-0.25, -0.2) is 4.98 Å². The molecule has 1 fully saturated rings. The SMILES string of the molecule is O=C(NCCOC1CCCC1)c1cnc(Cl)c(Cl)c1. The maximum Gasteiger partial charge on any atom is 0.252 e. The molecule has 1 aliphatic rings. The minimum atomic E-state index is -0.221. The highest BCUT2D eigenvalue weighted by molar-refractivity contribution is 6.41. The predicted octanol–water partition coefficient (Wildman–Crippen LogP) is 3.08. The van der Waals surface area contributed by atoms with Gasteiger partial charge in [-0.1, -0.05) is 36.0 Å². The van der Waals surface area contributed by atoms with Crippen LogP contribution in [0.25, 0.3) is 0 Å². The van der Waals surface area contributed by atoms with Gasteiger partial charge in [0.2, 0.25) is 0 Å². The van der Waals surface area contributed by atoms with Gasteiger partial charge in [0.1, 0.15) is 5.15 Å². The number of pyridine rings is 1. The van der Waals surface area contributed by atoms with E-state index in [1.54, 1.807) is 0 Å². The summed E-state index contributed by atoms with van der Waals surface area (Å²) in [6.07, 6.45) is 6.51. The maximum atomic E-state index is 11.8. The van der Waals surface area contributed by atoms with E-state index < -0.39 is 0 Å². The van der Waals surface area contributed by atoms with Crippen molar-refractivity contribution < 1.29 is 9.53 Å². The summed E-state index contributed by atoms with van der Waals surface area (Å²) in [4.78, 5) is 15.6. The van der Waals surface area contributed by atoms with Crippen LogP contribution in [0.2, 0.25) is 10.2 Å². The van der Waals surface area contributed by atoms with Crippen molar-refractivity contribution in [3.63, 3.8) is 0 Å². The molecule has 19 heavy (non-hydrogen) atoms. The molecular weight excluding hydrogens is 287 g/mol. The van der Waals surface area contributed by atoms with Gasteiger partial charge in [-0.15, -0.1) is 0 Å². The van der Waals surface area contributed by atoms with Gasteiger partial charge in [-0.2, -0.15) is 0 Å². The topological polar surface area (TPSA) is 51.2 Å². The number of rotatable bonds is 5. The fourth-order valence-corrected chi connectivity index (χ4v) is 2.36. The number of aromatic nitrogens is 1. The molecule has 4 nitrogen and oxygen atoms in total. The van der Waals surface area contributed by atoms with E-state index in [0.29, 0.717) is 24.8 Å². The lowest BCUT2D eigenvalue weighted by molar-refractivity contribution is 0.0582. The molecule has 2 rings (SSSR count). The molecule has 6 heteroatoms. The molecular formula is C13H16Cl2N2O2. The van der Waals surface area contributed by atoms with E-state index in [1.807, 2.05) is 0 Å². The van der Waals surface area contributed by atoms with Crippen LogP contribution in [0.4, 0.5) is 0 Å². The molecule has 1 heterocycles. The minimum Gasteiger partial charge on any atom is -0.376 e. The number of ether oxygens (including phenoxy) is 1. The van der Waals surface area contributed by atoms with Crippen molar-refractivity contribution in [2.45, 2.75) is 31.8 Å². The van der Waals surface area contributed by atoms with Crippen LogP contribution in [0.15, 0.2) is 12.3 Å². The second-order valence-electron chi connectivity index (χ2n) is 4.53. The van der Waals surface area contributed by atoms with Gasteiger partial charge in [0.05, 0.1) is 23.3 Å². The normalized spacial score (nSPS) is 15.7. The molecule has 1 aliphatic carbocycles. The van der Waals surface area contributed by atoms with Crippen LogP contribution in [0.3, 0.4) is 0 Å². The van der Waals surface area contributed by atoms with Gasteiger partial charge < -0.3 is 10.1 Å². The van der Waals surface area contributed by atoms with Gasteiger partial charge in [0.25, 0.3) is 5.91 Å². The summed E-state index contributed by atoms with van der Waals surface area (Å²) in [5.74, 6) is -0.221. The zero-order chi connectivity index (χ0) is 13.7. The van der Waals surface area contributed by atoms with Crippen molar-refractivity contribution >= 4 is 29.1 Å². The first-order valence-electron chi connectivity index (χ1n) is 6.37. The molecule has 0 radical (unpaired) electrons. The Kier molecular flexibility index (Phi) is 5.43. The quantitative estimate of drug-likeness (QED) is 0.672. The highest BCUT2D eigenvalue weighted by Gasteiger charge is 2.15. The number of nitrogens with zero attached hydrogens (tertiary/aromatic N) is 1. The number of hydrogen-bond acceptors (Lipinski definition) is 3. The zero-order valence-corrected chi connectivity index (χ0v) is 12.0. The van der Waals surface area contributed by atoms with Crippen molar-refractivity contribution in [2.75, 3.05) is 13.2 Å². The third-order valence-corrected chi connectivity index (χ3v) is 3.79. The average Bonchev–Trinajstić information content (AvgIpc) is 2.91. The van der Waals surface area contributed by atoms with E-state index in [9.17, 15) is 4.79 Å². The lowest BCUT2D eigenvalue weighted by Gasteiger charge is -2.11. The van der Waals surface area contributed by atoms with Crippen LogP contribution in [-0.4, -0.2) is 30.1 Å². The number of halogens is 2. The summed E-state index contributed by atoms with van der Waals surface area (Å²) in [5, 5.41) is 3.24. The summed E-state index contributed by atoms with van der Waals surface area (Å²) < 4.78 is 5.65. The second-order valence-corrected chi connectivity index (χ2v) is 5.29. The predicted molar refractivity (Wildman–Crippen MR) is 74.8 cm³/mol. The van der Waals surface area contributed by atoms with E-state index in [-0.39, 0.29) is 16.1 Å². The fraction of sp³-hybridized carbons (Fsp3) is 0.538. The van der Waals surface area contributed by atoms with Crippen molar-refractivity contribution in [1.82, 2.24) is 10.3 Å². The molecule has 1 amide bonds. The van der Waals surface area contributed by atoms with Gasteiger partial charge in [-0.3, -0.25) is 4.79 Å². The first-order chi connectivity index (χ1) is 9.16. The lowest BCUT2D eigenvalue weighted by Crippen LogP contribution is -2.28. The van der Waals surface area contributed by atoms with Crippen molar-refractivity contribution in [3.8, 4) is 0 Å². The van der Waals surface area contributed by atoms with E-state index in [0.717, 1.165) is 12.8 Å². The Morgan fingerprint density at radius 2 is 2.16 bits per heavy atom. The lowest BCUT2D eigenvalue weighted by atomic mass is 10.2. The summed E-state index contributed by atoms with van der Waals surface area (Å²) >= 11 is 11.5. The fourth-order valence-electron chi connectivity index (χ4n) is 2.09. The Morgan fingerprint density at radius 3 is 2.84 bits per heavy atom. The van der Waals surface area contributed by atoms with E-state index in [2.05, 4.69) is 10.3 Å². The minimum absolute atomic E-state index is 0.197. The van der Waals surface area contributed by atoms with E-state index in [1.165, 1.54) is 25.1 Å².